The molecule has 0 saturated heterocycles. The van der Waals surface area contributed by atoms with E-state index in [-0.39, 0.29) is 16.1 Å². The van der Waals surface area contributed by atoms with E-state index in [0.717, 1.165) is 6.07 Å². The van der Waals surface area contributed by atoms with Gasteiger partial charge in [-0.05, 0) is 30.2 Å². The fraction of sp³-hybridized carbons (Fsp3) is 0.125. The Morgan fingerprint density at radius 2 is 1.90 bits per heavy atom. The summed E-state index contributed by atoms with van der Waals surface area (Å²) in [6, 6.07) is 9.93. The minimum Gasteiger partial charge on any atom is -0.292 e. The Hall–Kier alpha value is -2.25. The Morgan fingerprint density at radius 1 is 1.24 bits per heavy atom. The van der Waals surface area contributed by atoms with Gasteiger partial charge >= 0.3 is 0 Å². The first-order valence-corrected chi connectivity index (χ1v) is 6.47. The molecule has 2 aromatic carbocycles. The maximum absolute atomic E-state index is 13.8. The molecule has 0 saturated carbocycles. The molecule has 106 valence electrons. The second kappa shape index (κ2) is 6.02. The Bertz CT molecular complexity index is 752. The van der Waals surface area contributed by atoms with Crippen molar-refractivity contribution in [2.45, 2.75) is 12.8 Å². The van der Waals surface area contributed by atoms with Gasteiger partial charge in [0.15, 0.2) is 5.78 Å². The van der Waals surface area contributed by atoms with Gasteiger partial charge < -0.3 is 0 Å². The number of nitriles is 1. The molecule has 2 nitrogen and oxygen atoms in total. The van der Waals surface area contributed by atoms with Gasteiger partial charge in [-0.15, -0.1) is 0 Å². The van der Waals surface area contributed by atoms with Crippen molar-refractivity contribution in [3.63, 3.8) is 0 Å². The Balaban J connectivity index is 2.50. The second-order valence-electron chi connectivity index (χ2n) is 4.53. The second-order valence-corrected chi connectivity index (χ2v) is 4.94. The third kappa shape index (κ3) is 2.93. The highest BCUT2D eigenvalue weighted by Gasteiger charge is 2.26. The van der Waals surface area contributed by atoms with E-state index < -0.39 is 23.3 Å². The summed E-state index contributed by atoms with van der Waals surface area (Å²) in [6.45, 7) is 1.42. The van der Waals surface area contributed by atoms with Crippen molar-refractivity contribution >= 4 is 17.4 Å². The fourth-order valence-electron chi connectivity index (χ4n) is 1.98. The third-order valence-corrected chi connectivity index (χ3v) is 3.47. The molecule has 0 aliphatic carbocycles. The number of hydrogen-bond donors (Lipinski definition) is 0. The van der Waals surface area contributed by atoms with Crippen molar-refractivity contribution in [2.24, 2.45) is 0 Å². The molecule has 0 fully saturated rings. The molecular formula is C16H10ClF2NO. The van der Waals surface area contributed by atoms with Crippen molar-refractivity contribution in [1.82, 2.24) is 0 Å². The SMILES string of the molecule is Cc1cc(C(=O)C(C#N)c2ccccc2Cl)c(F)cc1F. The number of aryl methyl sites for hydroxylation is 1. The maximum Gasteiger partial charge on any atom is 0.187 e. The molecule has 2 aromatic rings. The zero-order valence-electron chi connectivity index (χ0n) is 11.0. The Kier molecular flexibility index (Phi) is 4.35. The van der Waals surface area contributed by atoms with E-state index in [9.17, 15) is 18.8 Å². The summed E-state index contributed by atoms with van der Waals surface area (Å²) in [5, 5.41) is 9.47. The Labute approximate surface area is 125 Å². The van der Waals surface area contributed by atoms with Crippen LogP contribution in [0.15, 0.2) is 36.4 Å². The van der Waals surface area contributed by atoms with Gasteiger partial charge in [-0.1, -0.05) is 29.8 Å². The number of rotatable bonds is 3. The predicted molar refractivity (Wildman–Crippen MR) is 75.2 cm³/mol. The van der Waals surface area contributed by atoms with Crippen molar-refractivity contribution in [1.29, 1.82) is 5.26 Å². The largest absolute Gasteiger partial charge is 0.292 e. The van der Waals surface area contributed by atoms with Crippen LogP contribution in [0.25, 0.3) is 0 Å². The zero-order valence-corrected chi connectivity index (χ0v) is 11.8. The van der Waals surface area contributed by atoms with Crippen LogP contribution in [0.3, 0.4) is 0 Å². The summed E-state index contributed by atoms with van der Waals surface area (Å²) in [5.74, 6) is -3.71. The summed E-state index contributed by atoms with van der Waals surface area (Å²) in [4.78, 5) is 12.4. The molecule has 1 unspecified atom stereocenters. The van der Waals surface area contributed by atoms with Crippen molar-refractivity contribution in [3.8, 4) is 6.07 Å². The lowest BCUT2D eigenvalue weighted by molar-refractivity contribution is 0.0975. The van der Waals surface area contributed by atoms with Gasteiger partial charge in [0.1, 0.15) is 17.6 Å². The van der Waals surface area contributed by atoms with Crippen LogP contribution >= 0.6 is 11.6 Å². The van der Waals surface area contributed by atoms with Crippen LogP contribution in [0.4, 0.5) is 8.78 Å². The highest BCUT2D eigenvalue weighted by molar-refractivity contribution is 6.31. The van der Waals surface area contributed by atoms with E-state index in [1.807, 2.05) is 6.07 Å². The molecule has 21 heavy (non-hydrogen) atoms. The van der Waals surface area contributed by atoms with Crippen LogP contribution in [0.1, 0.15) is 27.4 Å². The first-order chi connectivity index (χ1) is 9.95. The maximum atomic E-state index is 13.8. The molecule has 0 N–H and O–H groups in total. The van der Waals surface area contributed by atoms with E-state index in [2.05, 4.69) is 0 Å². The molecule has 2 rings (SSSR count). The minimum atomic E-state index is -1.24. The highest BCUT2D eigenvalue weighted by Crippen LogP contribution is 2.28. The number of ketones is 1. The molecule has 0 bridgehead atoms. The highest BCUT2D eigenvalue weighted by atomic mass is 35.5. The molecule has 5 heteroatoms. The van der Waals surface area contributed by atoms with E-state index >= 15 is 0 Å². The van der Waals surface area contributed by atoms with Crippen LogP contribution in [0.5, 0.6) is 0 Å². The van der Waals surface area contributed by atoms with Crippen molar-refractivity contribution in [2.75, 3.05) is 0 Å². The number of Topliss-reactive ketones (excluding diaryl/α,β-unsaturated/α-hetero) is 1. The number of halogens is 3. The van der Waals surface area contributed by atoms with Crippen molar-refractivity contribution < 1.29 is 13.6 Å². The number of benzene rings is 2. The molecule has 0 radical (unpaired) electrons. The van der Waals surface area contributed by atoms with Gasteiger partial charge in [0.2, 0.25) is 0 Å². The lowest BCUT2D eigenvalue weighted by atomic mass is 9.91. The first kappa shape index (κ1) is 15.1. The van der Waals surface area contributed by atoms with Gasteiger partial charge in [-0.3, -0.25) is 4.79 Å². The number of carbonyl (C=O) groups is 1. The van der Waals surface area contributed by atoms with Gasteiger partial charge in [0.25, 0.3) is 0 Å². The molecule has 0 amide bonds. The quantitative estimate of drug-likeness (QED) is 0.788. The smallest absolute Gasteiger partial charge is 0.187 e. The molecule has 1 atom stereocenters. The van der Waals surface area contributed by atoms with Gasteiger partial charge in [0, 0.05) is 11.1 Å². The fourth-order valence-corrected chi connectivity index (χ4v) is 2.23. The summed E-state index contributed by atoms with van der Waals surface area (Å²) in [6.07, 6.45) is 0. The van der Waals surface area contributed by atoms with Crippen LogP contribution in [0, 0.1) is 29.9 Å². The average Bonchev–Trinajstić information content (AvgIpc) is 2.45. The number of nitrogens with zero attached hydrogens (tertiary/aromatic N) is 1. The summed E-state index contributed by atoms with van der Waals surface area (Å²) in [5.41, 5.74) is 0.115. The normalized spacial score (nSPS) is 11.8. The standard InChI is InChI=1S/C16H10ClF2NO/c1-9-6-11(15(19)7-14(9)18)16(21)12(8-20)10-4-2-3-5-13(10)17/h2-7,12H,1H3. The summed E-state index contributed by atoms with van der Waals surface area (Å²) < 4.78 is 27.0. The zero-order chi connectivity index (χ0) is 15.6. The molecule has 0 heterocycles. The minimum absolute atomic E-state index is 0.135. The van der Waals surface area contributed by atoms with Gasteiger partial charge in [0.05, 0.1) is 11.6 Å². The van der Waals surface area contributed by atoms with Crippen molar-refractivity contribution in [3.05, 3.63) is 69.7 Å². The predicted octanol–water partition coefficient (Wildman–Crippen LogP) is 4.42. The number of hydrogen-bond acceptors (Lipinski definition) is 2. The molecule has 0 aliphatic heterocycles. The molecule has 0 aromatic heterocycles. The molecule has 0 spiro atoms. The Morgan fingerprint density at radius 3 is 2.52 bits per heavy atom. The first-order valence-electron chi connectivity index (χ1n) is 6.09. The third-order valence-electron chi connectivity index (χ3n) is 3.12. The van der Waals surface area contributed by atoms with Crippen LogP contribution < -0.4 is 0 Å². The monoisotopic (exact) mass is 305 g/mol. The van der Waals surface area contributed by atoms with E-state index in [1.54, 1.807) is 18.2 Å². The van der Waals surface area contributed by atoms with Crippen LogP contribution in [-0.2, 0) is 0 Å². The number of carbonyl (C=O) groups excluding carboxylic acids is 1. The average molecular weight is 306 g/mol. The van der Waals surface area contributed by atoms with Gasteiger partial charge in [-0.25, -0.2) is 8.78 Å². The lowest BCUT2D eigenvalue weighted by Gasteiger charge is -2.11. The molecular weight excluding hydrogens is 296 g/mol. The van der Waals surface area contributed by atoms with E-state index in [0.29, 0.717) is 11.6 Å². The van der Waals surface area contributed by atoms with Crippen LogP contribution in [0.2, 0.25) is 5.02 Å². The van der Waals surface area contributed by atoms with Gasteiger partial charge in [-0.2, -0.15) is 5.26 Å². The van der Waals surface area contributed by atoms with E-state index in [1.165, 1.54) is 13.0 Å². The topological polar surface area (TPSA) is 40.9 Å². The molecule has 0 aliphatic rings. The lowest BCUT2D eigenvalue weighted by Crippen LogP contribution is -2.14. The van der Waals surface area contributed by atoms with E-state index in [4.69, 9.17) is 11.6 Å². The van der Waals surface area contributed by atoms with Crippen LogP contribution in [-0.4, -0.2) is 5.78 Å². The summed E-state index contributed by atoms with van der Waals surface area (Å²) in [7, 11) is 0. The summed E-state index contributed by atoms with van der Waals surface area (Å²) >= 11 is 5.97.